The summed E-state index contributed by atoms with van der Waals surface area (Å²) in [4.78, 5) is 11.5. The molecule has 1 N–H and O–H groups in total. The van der Waals surface area contributed by atoms with Crippen molar-refractivity contribution < 1.29 is 37.3 Å². The number of halogens is 3. The van der Waals surface area contributed by atoms with Gasteiger partial charge in [-0.25, -0.2) is 13.2 Å². The lowest BCUT2D eigenvalue weighted by Crippen LogP contribution is -2.17. The van der Waals surface area contributed by atoms with Crippen LogP contribution in [-0.2, 0) is 16.1 Å². The predicted molar refractivity (Wildman–Crippen MR) is 141 cm³/mol. The smallest absolute Gasteiger partial charge is 0.308 e. The normalized spacial score (nSPS) is 17.1. The van der Waals surface area contributed by atoms with Gasteiger partial charge in [0, 0.05) is 16.7 Å². The summed E-state index contributed by atoms with van der Waals surface area (Å²) in [6.07, 6.45) is 0.992. The summed E-state index contributed by atoms with van der Waals surface area (Å²) >= 11 is 0. The summed E-state index contributed by atoms with van der Waals surface area (Å²) < 4.78 is 61.1. The van der Waals surface area contributed by atoms with Gasteiger partial charge in [-0.3, -0.25) is 4.79 Å². The van der Waals surface area contributed by atoms with Crippen LogP contribution in [0.3, 0.4) is 0 Å². The van der Waals surface area contributed by atoms with Crippen molar-refractivity contribution in [3.63, 3.8) is 0 Å². The third-order valence-corrected chi connectivity index (χ3v) is 7.64. The molecule has 1 aliphatic carbocycles. The van der Waals surface area contributed by atoms with E-state index < -0.39 is 35.9 Å². The molecule has 208 valence electrons. The average molecular weight is 543 g/mol. The van der Waals surface area contributed by atoms with Gasteiger partial charge in [-0.1, -0.05) is 32.4 Å². The van der Waals surface area contributed by atoms with Crippen molar-refractivity contribution in [1.29, 1.82) is 0 Å². The molecule has 0 aromatic heterocycles. The first kappa shape index (κ1) is 28.5. The first-order valence-corrected chi connectivity index (χ1v) is 12.9. The minimum absolute atomic E-state index is 0.0472. The molecule has 39 heavy (non-hydrogen) atoms. The van der Waals surface area contributed by atoms with Gasteiger partial charge in [0.1, 0.15) is 24.0 Å². The Hall–Kier alpha value is -3.52. The van der Waals surface area contributed by atoms with Crippen LogP contribution in [0.5, 0.6) is 11.5 Å². The van der Waals surface area contributed by atoms with Gasteiger partial charge in [0.05, 0.1) is 26.7 Å². The highest BCUT2D eigenvalue weighted by Crippen LogP contribution is 2.51. The predicted octanol–water partition coefficient (Wildman–Crippen LogP) is 7.25. The van der Waals surface area contributed by atoms with Crippen LogP contribution in [0.15, 0.2) is 48.5 Å². The van der Waals surface area contributed by atoms with Crippen molar-refractivity contribution in [2.75, 3.05) is 14.2 Å². The van der Waals surface area contributed by atoms with E-state index >= 15 is 13.2 Å². The number of aliphatic hydroxyl groups excluding tert-OH is 1. The molecule has 5 nitrogen and oxygen atoms in total. The maximum Gasteiger partial charge on any atom is 0.308 e. The first-order chi connectivity index (χ1) is 18.6. The van der Waals surface area contributed by atoms with Crippen molar-refractivity contribution in [2.45, 2.75) is 58.2 Å². The Morgan fingerprint density at radius 1 is 1.05 bits per heavy atom. The molecule has 0 bridgehead atoms. The molecular weight excluding hydrogens is 509 g/mol. The number of ether oxygens (including phenoxy) is 3. The summed E-state index contributed by atoms with van der Waals surface area (Å²) in [6, 6.07) is 11.6. The molecule has 2 atom stereocenters. The Morgan fingerprint density at radius 2 is 1.82 bits per heavy atom. The van der Waals surface area contributed by atoms with Crippen LogP contribution < -0.4 is 9.47 Å². The zero-order chi connectivity index (χ0) is 28.3. The summed E-state index contributed by atoms with van der Waals surface area (Å²) in [5, 5.41) is 10.3. The van der Waals surface area contributed by atoms with E-state index in [1.165, 1.54) is 50.6 Å². The molecule has 0 heterocycles. The van der Waals surface area contributed by atoms with Crippen LogP contribution in [0.4, 0.5) is 13.2 Å². The molecule has 1 aliphatic rings. The molecular formula is C31H33F3O5. The lowest BCUT2D eigenvalue weighted by Gasteiger charge is -2.30. The van der Waals surface area contributed by atoms with E-state index in [1.54, 1.807) is 12.1 Å². The van der Waals surface area contributed by atoms with Gasteiger partial charge in [-0.15, -0.1) is 0 Å². The second-order valence-electron chi connectivity index (χ2n) is 10.6. The van der Waals surface area contributed by atoms with Crippen LogP contribution >= 0.6 is 0 Å². The third kappa shape index (κ3) is 6.06. The molecule has 1 fully saturated rings. The Morgan fingerprint density at radius 3 is 2.49 bits per heavy atom. The molecule has 0 spiro atoms. The largest absolute Gasteiger partial charge is 0.497 e. The molecule has 0 saturated heterocycles. The maximum absolute atomic E-state index is 15.5. The second-order valence-corrected chi connectivity index (χ2v) is 10.6. The van der Waals surface area contributed by atoms with E-state index in [1.807, 2.05) is 0 Å². The lowest BCUT2D eigenvalue weighted by molar-refractivity contribution is -0.142. The highest BCUT2D eigenvalue weighted by molar-refractivity contribution is 5.71. The molecule has 3 aromatic carbocycles. The average Bonchev–Trinajstić information content (AvgIpc) is 3.27. The standard InChI is InChI=1S/C31H33F3O5/c1-31(2)12-6-8-24(31)22-13-18(26(33)15-21(22)23-14-19(37-3)10-11-25(23)32)17-39-28-9-5-7-20(30(28)34)27(35)16-29(36)38-4/h5,7,9-11,13-15,24,27,35H,6,8,12,16-17H2,1-4H3/t24-,27-/m1/s1. The Bertz CT molecular complexity index is 1350. The van der Waals surface area contributed by atoms with Crippen molar-refractivity contribution in [3.8, 4) is 22.6 Å². The Balaban J connectivity index is 1.70. The van der Waals surface area contributed by atoms with E-state index in [0.717, 1.165) is 24.8 Å². The van der Waals surface area contributed by atoms with Crippen molar-refractivity contribution >= 4 is 5.97 Å². The number of carbonyl (C=O) groups excluding carboxylic acids is 1. The van der Waals surface area contributed by atoms with E-state index in [2.05, 4.69) is 18.6 Å². The fourth-order valence-corrected chi connectivity index (χ4v) is 5.41. The molecule has 4 rings (SSSR count). The van der Waals surface area contributed by atoms with Crippen LogP contribution in [-0.4, -0.2) is 25.3 Å². The highest BCUT2D eigenvalue weighted by atomic mass is 19.1. The molecule has 3 aromatic rings. The topological polar surface area (TPSA) is 65.0 Å². The van der Waals surface area contributed by atoms with Crippen molar-refractivity contribution in [1.82, 2.24) is 0 Å². The number of methoxy groups -OCH3 is 2. The van der Waals surface area contributed by atoms with Gasteiger partial charge >= 0.3 is 5.97 Å². The number of aliphatic hydroxyl groups is 1. The van der Waals surface area contributed by atoms with Gasteiger partial charge < -0.3 is 19.3 Å². The van der Waals surface area contributed by atoms with Gasteiger partial charge in [0.25, 0.3) is 0 Å². The highest BCUT2D eigenvalue weighted by Gasteiger charge is 2.37. The van der Waals surface area contributed by atoms with E-state index in [9.17, 15) is 9.90 Å². The monoisotopic (exact) mass is 542 g/mol. The van der Waals surface area contributed by atoms with Gasteiger partial charge in [-0.05, 0) is 71.7 Å². The van der Waals surface area contributed by atoms with Gasteiger partial charge in [-0.2, -0.15) is 0 Å². The number of esters is 1. The first-order valence-electron chi connectivity index (χ1n) is 12.9. The van der Waals surface area contributed by atoms with Gasteiger partial charge in [0.2, 0.25) is 0 Å². The number of benzene rings is 3. The molecule has 0 unspecified atom stereocenters. The van der Waals surface area contributed by atoms with Crippen LogP contribution in [0.25, 0.3) is 11.1 Å². The second kappa shape index (κ2) is 11.7. The maximum atomic E-state index is 15.5. The van der Waals surface area contributed by atoms with E-state index in [4.69, 9.17) is 9.47 Å². The summed E-state index contributed by atoms with van der Waals surface area (Å²) in [7, 11) is 2.66. The molecule has 0 aliphatic heterocycles. The van der Waals surface area contributed by atoms with Crippen molar-refractivity contribution in [3.05, 3.63) is 82.7 Å². The van der Waals surface area contributed by atoms with E-state index in [0.29, 0.717) is 11.3 Å². The fourth-order valence-electron chi connectivity index (χ4n) is 5.41. The summed E-state index contributed by atoms with van der Waals surface area (Å²) in [5.41, 5.74) is 1.47. The van der Waals surface area contributed by atoms with Crippen molar-refractivity contribution in [2.24, 2.45) is 5.41 Å². The Labute approximate surface area is 226 Å². The fraction of sp³-hybridized carbons (Fsp3) is 0.387. The number of carbonyl (C=O) groups is 1. The summed E-state index contributed by atoms with van der Waals surface area (Å²) in [5.74, 6) is -2.32. The lowest BCUT2D eigenvalue weighted by atomic mass is 9.75. The quantitative estimate of drug-likeness (QED) is 0.289. The zero-order valence-corrected chi connectivity index (χ0v) is 22.5. The minimum atomic E-state index is -1.43. The van der Waals surface area contributed by atoms with Gasteiger partial charge in [0.15, 0.2) is 11.6 Å². The van der Waals surface area contributed by atoms with Crippen LogP contribution in [0.1, 0.15) is 68.2 Å². The molecule has 8 heteroatoms. The number of hydrogen-bond acceptors (Lipinski definition) is 5. The van der Waals surface area contributed by atoms with Crippen LogP contribution in [0.2, 0.25) is 0 Å². The molecule has 0 radical (unpaired) electrons. The molecule has 1 saturated carbocycles. The summed E-state index contributed by atoms with van der Waals surface area (Å²) in [6.45, 7) is 4.01. The minimum Gasteiger partial charge on any atom is -0.497 e. The number of hydrogen-bond donors (Lipinski definition) is 1. The number of rotatable bonds is 9. The third-order valence-electron chi connectivity index (χ3n) is 7.64. The SMILES string of the molecule is COC(=O)C[C@@H](O)c1cccc(OCc2cc([C@H]3CCCC3(C)C)c(-c3cc(OC)ccc3F)cc2F)c1F. The Kier molecular flexibility index (Phi) is 8.54. The molecule has 0 amide bonds. The van der Waals surface area contributed by atoms with Crippen LogP contribution in [0, 0.1) is 22.9 Å². The zero-order valence-electron chi connectivity index (χ0n) is 22.5. The van der Waals surface area contributed by atoms with E-state index in [-0.39, 0.29) is 40.4 Å².